The maximum absolute atomic E-state index is 12.5. The fraction of sp³-hybridized carbons (Fsp3) is 0.385. The predicted octanol–water partition coefficient (Wildman–Crippen LogP) is 1.10. The van der Waals surface area contributed by atoms with Crippen molar-refractivity contribution in [2.45, 2.75) is 17.7 Å². The third kappa shape index (κ3) is 3.18. The molecule has 0 aliphatic carbocycles. The van der Waals surface area contributed by atoms with E-state index >= 15 is 0 Å². The molecule has 1 amide bonds. The molecule has 2 rings (SSSR count). The minimum atomic E-state index is -3.74. The molecule has 0 aromatic heterocycles. The highest BCUT2D eigenvalue weighted by molar-refractivity contribution is 7.89. The van der Waals surface area contributed by atoms with E-state index < -0.39 is 21.8 Å². The average Bonchev–Trinajstić information content (AvgIpc) is 2.47. The molecule has 112 valence electrons. The maximum Gasteiger partial charge on any atom is 0.243 e. The number of amides is 1. The van der Waals surface area contributed by atoms with Crippen molar-refractivity contribution in [2.24, 2.45) is 11.7 Å². The van der Waals surface area contributed by atoms with E-state index in [1.807, 2.05) is 6.07 Å². The Hall–Kier alpha value is -1.62. The number of carbonyl (C=O) groups excluding carboxylic acids is 1. The lowest BCUT2D eigenvalue weighted by Crippen LogP contribution is -2.44. The molecule has 0 radical (unpaired) electrons. The van der Waals surface area contributed by atoms with Crippen LogP contribution in [0.25, 0.3) is 0 Å². The first-order valence-electron chi connectivity index (χ1n) is 6.35. The van der Waals surface area contributed by atoms with Gasteiger partial charge in [0.25, 0.3) is 0 Å². The number of benzene rings is 1. The van der Waals surface area contributed by atoms with E-state index in [4.69, 9.17) is 22.6 Å². The maximum atomic E-state index is 12.5. The number of primary amides is 1. The highest BCUT2D eigenvalue weighted by Crippen LogP contribution is 2.26. The number of hydrogen-bond acceptors (Lipinski definition) is 4. The van der Waals surface area contributed by atoms with Crippen LogP contribution in [0.4, 0.5) is 0 Å². The lowest BCUT2D eigenvalue weighted by molar-refractivity contribution is -0.122. The van der Waals surface area contributed by atoms with Gasteiger partial charge in [-0.1, -0.05) is 11.6 Å². The molecule has 8 heteroatoms. The van der Waals surface area contributed by atoms with Crippen LogP contribution in [-0.4, -0.2) is 31.7 Å². The number of nitrogens with zero attached hydrogens (tertiary/aromatic N) is 2. The Labute approximate surface area is 128 Å². The monoisotopic (exact) mass is 327 g/mol. The van der Waals surface area contributed by atoms with Crippen LogP contribution >= 0.6 is 11.6 Å². The van der Waals surface area contributed by atoms with Crippen LogP contribution in [0, 0.1) is 17.2 Å². The van der Waals surface area contributed by atoms with Crippen molar-refractivity contribution in [3.8, 4) is 6.07 Å². The molecule has 0 saturated carbocycles. The van der Waals surface area contributed by atoms with Crippen LogP contribution in [0.5, 0.6) is 0 Å². The van der Waals surface area contributed by atoms with Gasteiger partial charge in [-0.2, -0.15) is 9.57 Å². The number of rotatable bonds is 3. The fourth-order valence-electron chi connectivity index (χ4n) is 2.29. The molecule has 1 aromatic rings. The Morgan fingerprint density at radius 3 is 2.76 bits per heavy atom. The van der Waals surface area contributed by atoms with Crippen LogP contribution in [0.15, 0.2) is 23.1 Å². The van der Waals surface area contributed by atoms with Gasteiger partial charge < -0.3 is 5.73 Å². The van der Waals surface area contributed by atoms with Crippen LogP contribution in [0.2, 0.25) is 5.02 Å². The Kier molecular flexibility index (Phi) is 4.52. The second-order valence-corrected chi connectivity index (χ2v) is 7.20. The predicted molar refractivity (Wildman–Crippen MR) is 76.8 cm³/mol. The summed E-state index contributed by atoms with van der Waals surface area (Å²) >= 11 is 5.87. The van der Waals surface area contributed by atoms with Crippen LogP contribution in [0.1, 0.15) is 18.4 Å². The first-order chi connectivity index (χ1) is 9.86. The number of sulfonamides is 1. The molecule has 1 saturated heterocycles. The normalized spacial score (nSPS) is 19.9. The first-order valence-corrected chi connectivity index (χ1v) is 8.17. The van der Waals surface area contributed by atoms with Crippen LogP contribution < -0.4 is 5.73 Å². The van der Waals surface area contributed by atoms with Crippen molar-refractivity contribution >= 4 is 27.5 Å². The molecule has 0 spiro atoms. The molecule has 0 unspecified atom stereocenters. The quantitative estimate of drug-likeness (QED) is 0.897. The molecule has 1 aliphatic rings. The highest BCUT2D eigenvalue weighted by Gasteiger charge is 2.32. The molecule has 21 heavy (non-hydrogen) atoms. The van der Waals surface area contributed by atoms with Gasteiger partial charge in [0, 0.05) is 13.1 Å². The van der Waals surface area contributed by atoms with Gasteiger partial charge in [-0.25, -0.2) is 8.42 Å². The molecule has 6 nitrogen and oxygen atoms in total. The standard InChI is InChI=1S/C13H14ClN3O3S/c14-12-6-11(4-3-9(12)7-15)21(19,20)17-5-1-2-10(8-17)13(16)18/h3-4,6,10H,1-2,5,8H2,(H2,16,18)/t10-/m0/s1. The van der Waals surface area contributed by atoms with Crippen molar-refractivity contribution in [1.82, 2.24) is 4.31 Å². The zero-order valence-electron chi connectivity index (χ0n) is 11.1. The second-order valence-electron chi connectivity index (χ2n) is 4.86. The summed E-state index contributed by atoms with van der Waals surface area (Å²) in [5.41, 5.74) is 5.47. The minimum absolute atomic E-state index is 0.0108. The Morgan fingerprint density at radius 1 is 1.48 bits per heavy atom. The molecule has 1 aromatic carbocycles. The van der Waals surface area contributed by atoms with Crippen molar-refractivity contribution in [1.29, 1.82) is 5.26 Å². The summed E-state index contributed by atoms with van der Waals surface area (Å²) in [5.74, 6) is -0.963. The average molecular weight is 328 g/mol. The lowest BCUT2D eigenvalue weighted by Gasteiger charge is -2.30. The molecule has 0 bridgehead atoms. The summed E-state index contributed by atoms with van der Waals surface area (Å²) in [7, 11) is -3.74. The van der Waals surface area contributed by atoms with E-state index in [-0.39, 0.29) is 22.0 Å². The number of piperidine rings is 1. The van der Waals surface area contributed by atoms with Crippen molar-refractivity contribution in [3.05, 3.63) is 28.8 Å². The van der Waals surface area contributed by atoms with Gasteiger partial charge in [-0.3, -0.25) is 4.79 Å². The number of nitrogens with two attached hydrogens (primary N) is 1. The number of hydrogen-bond donors (Lipinski definition) is 1. The fourth-order valence-corrected chi connectivity index (χ4v) is 4.13. The van der Waals surface area contributed by atoms with Crippen molar-refractivity contribution in [3.63, 3.8) is 0 Å². The zero-order chi connectivity index (χ0) is 15.6. The van der Waals surface area contributed by atoms with Crippen LogP contribution in [-0.2, 0) is 14.8 Å². The van der Waals surface area contributed by atoms with Crippen molar-refractivity contribution in [2.75, 3.05) is 13.1 Å². The van der Waals surface area contributed by atoms with Gasteiger partial charge in [-0.15, -0.1) is 0 Å². The smallest absolute Gasteiger partial charge is 0.243 e. The summed E-state index contributed by atoms with van der Waals surface area (Å²) in [6.07, 6.45) is 1.17. The van der Waals surface area contributed by atoms with E-state index in [2.05, 4.69) is 0 Å². The van der Waals surface area contributed by atoms with Crippen LogP contribution in [0.3, 0.4) is 0 Å². The summed E-state index contributed by atoms with van der Waals surface area (Å²) in [6, 6.07) is 5.83. The number of halogens is 1. The molecular weight excluding hydrogens is 314 g/mol. The largest absolute Gasteiger partial charge is 0.369 e. The topological polar surface area (TPSA) is 104 Å². The van der Waals surface area contributed by atoms with Gasteiger partial charge in [0.1, 0.15) is 6.07 Å². The van der Waals surface area contributed by atoms with Gasteiger partial charge in [-0.05, 0) is 31.0 Å². The third-order valence-corrected chi connectivity index (χ3v) is 5.66. The molecule has 1 aliphatic heterocycles. The van der Waals surface area contributed by atoms with Gasteiger partial charge in [0.05, 0.1) is 21.4 Å². The molecular formula is C13H14ClN3O3S. The lowest BCUT2D eigenvalue weighted by atomic mass is 9.99. The SMILES string of the molecule is N#Cc1ccc(S(=O)(=O)N2CCC[C@H](C(N)=O)C2)cc1Cl. The molecule has 1 heterocycles. The summed E-state index contributed by atoms with van der Waals surface area (Å²) in [4.78, 5) is 11.3. The van der Waals surface area contributed by atoms with Gasteiger partial charge >= 0.3 is 0 Å². The molecule has 1 fully saturated rings. The van der Waals surface area contributed by atoms with E-state index in [9.17, 15) is 13.2 Å². The molecule has 1 atom stereocenters. The Morgan fingerprint density at radius 2 is 2.19 bits per heavy atom. The van der Waals surface area contributed by atoms with E-state index in [0.717, 1.165) is 0 Å². The minimum Gasteiger partial charge on any atom is -0.369 e. The van der Waals surface area contributed by atoms with E-state index in [1.165, 1.54) is 22.5 Å². The van der Waals surface area contributed by atoms with Gasteiger partial charge in [0.15, 0.2) is 0 Å². The Balaban J connectivity index is 2.32. The van der Waals surface area contributed by atoms with E-state index in [0.29, 0.717) is 19.4 Å². The number of carbonyl (C=O) groups is 1. The second kappa shape index (κ2) is 6.02. The summed E-state index contributed by atoms with van der Waals surface area (Å²) in [5, 5.41) is 8.90. The summed E-state index contributed by atoms with van der Waals surface area (Å²) in [6.45, 7) is 0.416. The Bertz CT molecular complexity index is 712. The third-order valence-electron chi connectivity index (χ3n) is 3.49. The molecule has 2 N–H and O–H groups in total. The first kappa shape index (κ1) is 15.8. The summed E-state index contributed by atoms with van der Waals surface area (Å²) < 4.78 is 26.3. The van der Waals surface area contributed by atoms with Gasteiger partial charge in [0.2, 0.25) is 15.9 Å². The zero-order valence-corrected chi connectivity index (χ0v) is 12.7. The highest BCUT2D eigenvalue weighted by atomic mass is 35.5. The van der Waals surface area contributed by atoms with E-state index in [1.54, 1.807) is 0 Å². The number of nitriles is 1. The van der Waals surface area contributed by atoms with Crippen molar-refractivity contribution < 1.29 is 13.2 Å².